The van der Waals surface area contributed by atoms with Crippen molar-refractivity contribution in [2.75, 3.05) is 0 Å². The zero-order valence-electron chi connectivity index (χ0n) is 10.4. The van der Waals surface area contributed by atoms with Crippen LogP contribution in [-0.2, 0) is 0 Å². The first kappa shape index (κ1) is 14.2. The van der Waals surface area contributed by atoms with Gasteiger partial charge < -0.3 is 14.9 Å². The SMILES string of the molecule is C[C@@H](Oc1cccnc1[N+](=O)[O-])c1ccc(F)c(Cl)c1. The number of pyridine rings is 1. The molecule has 5 nitrogen and oxygen atoms in total. The van der Waals surface area contributed by atoms with Gasteiger partial charge in [0.25, 0.3) is 0 Å². The van der Waals surface area contributed by atoms with Crippen LogP contribution >= 0.6 is 11.6 Å². The van der Waals surface area contributed by atoms with Gasteiger partial charge >= 0.3 is 5.82 Å². The summed E-state index contributed by atoms with van der Waals surface area (Å²) < 4.78 is 18.6. The minimum atomic E-state index is -0.625. The van der Waals surface area contributed by atoms with Crippen molar-refractivity contribution < 1.29 is 14.1 Å². The fourth-order valence-electron chi connectivity index (χ4n) is 1.64. The van der Waals surface area contributed by atoms with Crippen LogP contribution in [0.5, 0.6) is 5.75 Å². The van der Waals surface area contributed by atoms with Crippen LogP contribution < -0.4 is 4.74 Å². The first-order valence-electron chi connectivity index (χ1n) is 5.70. The Kier molecular flexibility index (Phi) is 4.14. The Bertz CT molecular complexity index is 651. The van der Waals surface area contributed by atoms with Gasteiger partial charge in [0.05, 0.1) is 5.02 Å². The van der Waals surface area contributed by atoms with Crippen LogP contribution in [0.15, 0.2) is 36.5 Å². The molecule has 0 aliphatic heterocycles. The van der Waals surface area contributed by atoms with Crippen molar-refractivity contribution in [3.05, 3.63) is 63.0 Å². The third kappa shape index (κ3) is 3.03. The molecular weight excluding hydrogens is 287 g/mol. The highest BCUT2D eigenvalue weighted by molar-refractivity contribution is 6.30. The molecule has 0 fully saturated rings. The first-order chi connectivity index (χ1) is 9.49. The molecule has 0 unspecified atom stereocenters. The molecule has 0 saturated carbocycles. The summed E-state index contributed by atoms with van der Waals surface area (Å²) in [6.07, 6.45) is 0.778. The van der Waals surface area contributed by atoms with Crippen LogP contribution in [0.1, 0.15) is 18.6 Å². The Hall–Kier alpha value is -2.21. The molecule has 0 N–H and O–H groups in total. The molecule has 0 radical (unpaired) electrons. The van der Waals surface area contributed by atoms with Gasteiger partial charge in [-0.15, -0.1) is 0 Å². The van der Waals surface area contributed by atoms with E-state index in [1.807, 2.05) is 0 Å². The maximum atomic E-state index is 13.1. The molecule has 0 spiro atoms. The second-order valence-electron chi connectivity index (χ2n) is 4.02. The third-order valence-electron chi connectivity index (χ3n) is 2.64. The average Bonchev–Trinajstić information content (AvgIpc) is 2.42. The fraction of sp³-hybridized carbons (Fsp3) is 0.154. The summed E-state index contributed by atoms with van der Waals surface area (Å²) in [5, 5.41) is 10.8. The topological polar surface area (TPSA) is 65.3 Å². The van der Waals surface area contributed by atoms with Crippen molar-refractivity contribution in [2.24, 2.45) is 0 Å². The molecule has 0 bridgehead atoms. The van der Waals surface area contributed by atoms with Gasteiger partial charge in [-0.05, 0) is 46.7 Å². The van der Waals surface area contributed by atoms with Gasteiger partial charge in [0, 0.05) is 0 Å². The lowest BCUT2D eigenvalue weighted by molar-refractivity contribution is -0.390. The number of nitrogens with zero attached hydrogens (tertiary/aromatic N) is 2. The van der Waals surface area contributed by atoms with Crippen LogP contribution in [0, 0.1) is 15.9 Å². The summed E-state index contributed by atoms with van der Waals surface area (Å²) in [5.41, 5.74) is 0.606. The van der Waals surface area contributed by atoms with Crippen molar-refractivity contribution in [3.8, 4) is 5.75 Å². The van der Waals surface area contributed by atoms with E-state index in [-0.39, 0.29) is 16.6 Å². The van der Waals surface area contributed by atoms with E-state index in [0.29, 0.717) is 5.56 Å². The number of hydrogen-bond acceptors (Lipinski definition) is 4. The van der Waals surface area contributed by atoms with Gasteiger partial charge in [-0.2, -0.15) is 0 Å². The predicted molar refractivity (Wildman–Crippen MR) is 71.3 cm³/mol. The molecule has 2 aromatic rings. The first-order valence-corrected chi connectivity index (χ1v) is 6.08. The van der Waals surface area contributed by atoms with Gasteiger partial charge in [0.15, 0.2) is 0 Å². The van der Waals surface area contributed by atoms with Gasteiger partial charge in [-0.1, -0.05) is 17.7 Å². The largest absolute Gasteiger partial charge is 0.478 e. The van der Waals surface area contributed by atoms with E-state index in [4.69, 9.17) is 16.3 Å². The molecular formula is C13H10ClFN2O3. The van der Waals surface area contributed by atoms with Crippen LogP contribution in [0.25, 0.3) is 0 Å². The zero-order chi connectivity index (χ0) is 14.7. The highest BCUT2D eigenvalue weighted by Gasteiger charge is 2.19. The van der Waals surface area contributed by atoms with Gasteiger partial charge in [-0.25, -0.2) is 4.39 Å². The highest BCUT2D eigenvalue weighted by atomic mass is 35.5. The van der Waals surface area contributed by atoms with E-state index in [1.165, 1.54) is 36.5 Å². The number of aromatic nitrogens is 1. The van der Waals surface area contributed by atoms with Crippen LogP contribution in [0.4, 0.5) is 10.2 Å². The summed E-state index contributed by atoms with van der Waals surface area (Å²) >= 11 is 5.69. The molecule has 7 heteroatoms. The van der Waals surface area contributed by atoms with E-state index in [0.717, 1.165) is 0 Å². The molecule has 20 heavy (non-hydrogen) atoms. The Morgan fingerprint density at radius 2 is 2.20 bits per heavy atom. The summed E-state index contributed by atoms with van der Waals surface area (Å²) in [4.78, 5) is 13.9. The maximum absolute atomic E-state index is 13.1. The van der Waals surface area contributed by atoms with Crippen LogP contribution in [0.2, 0.25) is 5.02 Å². The predicted octanol–water partition coefficient (Wildman–Crippen LogP) is 3.92. The van der Waals surface area contributed by atoms with Gasteiger partial charge in [-0.3, -0.25) is 0 Å². The maximum Gasteiger partial charge on any atom is 0.406 e. The second kappa shape index (κ2) is 5.83. The minimum absolute atomic E-state index is 0.0290. The van der Waals surface area contributed by atoms with Gasteiger partial charge in [0.1, 0.15) is 18.1 Å². The molecule has 1 aromatic heterocycles. The van der Waals surface area contributed by atoms with Crippen molar-refractivity contribution in [3.63, 3.8) is 0 Å². The van der Waals surface area contributed by atoms with E-state index in [1.54, 1.807) is 6.92 Å². The smallest absolute Gasteiger partial charge is 0.406 e. The van der Waals surface area contributed by atoms with Crippen molar-refractivity contribution >= 4 is 17.4 Å². The van der Waals surface area contributed by atoms with Gasteiger partial charge in [0.2, 0.25) is 5.75 Å². The van der Waals surface area contributed by atoms with Crippen molar-refractivity contribution in [2.45, 2.75) is 13.0 Å². The summed E-state index contributed by atoms with van der Waals surface area (Å²) in [6.45, 7) is 1.68. The van der Waals surface area contributed by atoms with E-state index >= 15 is 0 Å². The minimum Gasteiger partial charge on any atom is -0.478 e. The molecule has 0 aliphatic carbocycles. The third-order valence-corrected chi connectivity index (χ3v) is 2.93. The number of halogens is 2. The monoisotopic (exact) mass is 296 g/mol. The lowest BCUT2D eigenvalue weighted by atomic mass is 10.1. The molecule has 2 rings (SSSR count). The molecule has 1 heterocycles. The second-order valence-corrected chi connectivity index (χ2v) is 4.42. The quantitative estimate of drug-likeness (QED) is 0.633. The van der Waals surface area contributed by atoms with E-state index in [9.17, 15) is 14.5 Å². The Labute approximate surface area is 119 Å². The molecule has 0 saturated heterocycles. The van der Waals surface area contributed by atoms with Crippen molar-refractivity contribution in [1.82, 2.24) is 4.98 Å². The normalized spacial score (nSPS) is 11.9. The van der Waals surface area contributed by atoms with Crippen LogP contribution in [0.3, 0.4) is 0 Å². The Balaban J connectivity index is 2.25. The molecule has 1 atom stereocenters. The number of hydrogen-bond donors (Lipinski definition) is 0. The average molecular weight is 297 g/mol. The zero-order valence-corrected chi connectivity index (χ0v) is 11.2. The standard InChI is InChI=1S/C13H10ClFN2O3/c1-8(9-4-5-11(15)10(14)7-9)20-12-3-2-6-16-13(12)17(18)19/h2-8H,1H3/t8-/m1/s1. The lowest BCUT2D eigenvalue weighted by Crippen LogP contribution is -2.06. The molecule has 1 aromatic carbocycles. The number of benzene rings is 1. The lowest BCUT2D eigenvalue weighted by Gasteiger charge is -2.15. The highest BCUT2D eigenvalue weighted by Crippen LogP contribution is 2.29. The van der Waals surface area contributed by atoms with E-state index in [2.05, 4.69) is 4.98 Å². The molecule has 0 amide bonds. The molecule has 0 aliphatic rings. The van der Waals surface area contributed by atoms with Crippen LogP contribution in [-0.4, -0.2) is 9.91 Å². The molecule has 104 valence electrons. The summed E-state index contributed by atoms with van der Waals surface area (Å²) in [7, 11) is 0. The van der Waals surface area contributed by atoms with Crippen molar-refractivity contribution in [1.29, 1.82) is 0 Å². The number of nitro groups is 1. The summed E-state index contributed by atoms with van der Waals surface area (Å²) in [5.74, 6) is -0.854. The Morgan fingerprint density at radius 3 is 2.85 bits per heavy atom. The Morgan fingerprint density at radius 1 is 1.45 bits per heavy atom. The summed E-state index contributed by atoms with van der Waals surface area (Å²) in [6, 6.07) is 7.13. The number of rotatable bonds is 4. The fourth-order valence-corrected chi connectivity index (χ4v) is 1.82. The number of ether oxygens (including phenoxy) is 1. The van der Waals surface area contributed by atoms with E-state index < -0.39 is 16.8 Å².